The normalized spacial score (nSPS) is 10.5. The molecule has 0 bridgehead atoms. The lowest BCUT2D eigenvalue weighted by atomic mass is 10.1. The molecule has 3 heteroatoms. The number of carbonyl (C=O) groups excluding carboxylic acids is 1. The van der Waals surface area contributed by atoms with E-state index < -0.39 is 0 Å². The highest BCUT2D eigenvalue weighted by atomic mass is 16.5. The maximum atomic E-state index is 11.4. The second-order valence-electron chi connectivity index (χ2n) is 5.70. The molecule has 3 nitrogen and oxygen atoms in total. The van der Waals surface area contributed by atoms with E-state index in [9.17, 15) is 4.79 Å². The Morgan fingerprint density at radius 3 is 2.23 bits per heavy atom. The van der Waals surface area contributed by atoms with Gasteiger partial charge in [-0.1, -0.05) is 64.4 Å². The maximum absolute atomic E-state index is 11.4. The fourth-order valence-corrected chi connectivity index (χ4v) is 2.43. The molecule has 0 amide bonds. The molecule has 0 spiro atoms. The van der Waals surface area contributed by atoms with Gasteiger partial charge in [0.2, 0.25) is 0 Å². The van der Waals surface area contributed by atoms with Crippen LogP contribution < -0.4 is 4.74 Å². The Morgan fingerprint density at radius 1 is 0.955 bits per heavy atom. The number of carbonyl (C=O) groups is 1. The number of unbranched alkanes of at least 4 members (excludes halogenated alkanes) is 8. The van der Waals surface area contributed by atoms with Gasteiger partial charge in [-0.05, 0) is 24.6 Å². The quantitative estimate of drug-likeness (QED) is 0.384. The van der Waals surface area contributed by atoms with Crippen LogP contribution >= 0.6 is 0 Å². The van der Waals surface area contributed by atoms with E-state index in [0.717, 1.165) is 12.2 Å². The lowest BCUT2D eigenvalue weighted by Crippen LogP contribution is -2.02. The zero-order valence-corrected chi connectivity index (χ0v) is 14.1. The Balaban J connectivity index is 2.06. The van der Waals surface area contributed by atoms with Crippen LogP contribution in [-0.2, 0) is 4.74 Å². The zero-order valence-electron chi connectivity index (χ0n) is 14.1. The summed E-state index contributed by atoms with van der Waals surface area (Å²) in [4.78, 5) is 11.4. The average Bonchev–Trinajstić information content (AvgIpc) is 2.56. The van der Waals surface area contributed by atoms with Crippen molar-refractivity contribution in [3.8, 4) is 5.75 Å². The summed E-state index contributed by atoms with van der Waals surface area (Å²) in [6.07, 6.45) is 11.7. The van der Waals surface area contributed by atoms with Crippen LogP contribution in [0.25, 0.3) is 0 Å². The molecule has 0 heterocycles. The van der Waals surface area contributed by atoms with E-state index in [2.05, 4.69) is 6.92 Å². The first-order chi connectivity index (χ1) is 10.8. The molecule has 1 aromatic rings. The third kappa shape index (κ3) is 8.06. The van der Waals surface area contributed by atoms with Crippen molar-refractivity contribution in [1.29, 1.82) is 0 Å². The molecule has 0 aromatic heterocycles. The minimum absolute atomic E-state index is 0.325. The molecule has 0 N–H and O–H groups in total. The van der Waals surface area contributed by atoms with E-state index in [0.29, 0.717) is 12.2 Å². The molecule has 0 saturated carbocycles. The smallest absolute Gasteiger partial charge is 0.337 e. The summed E-state index contributed by atoms with van der Waals surface area (Å²) in [5.41, 5.74) is 0.534. The molecule has 0 fully saturated rings. The summed E-state index contributed by atoms with van der Waals surface area (Å²) in [6.45, 7) is 2.96. The van der Waals surface area contributed by atoms with E-state index in [4.69, 9.17) is 9.47 Å². The van der Waals surface area contributed by atoms with Crippen molar-refractivity contribution in [3.05, 3.63) is 29.8 Å². The van der Waals surface area contributed by atoms with Crippen molar-refractivity contribution >= 4 is 5.97 Å². The van der Waals surface area contributed by atoms with Gasteiger partial charge in [0.25, 0.3) is 0 Å². The van der Waals surface area contributed by atoms with E-state index >= 15 is 0 Å². The largest absolute Gasteiger partial charge is 0.494 e. The summed E-state index contributed by atoms with van der Waals surface area (Å²) in [5.74, 6) is 0.413. The van der Waals surface area contributed by atoms with Crippen molar-refractivity contribution in [2.24, 2.45) is 0 Å². The van der Waals surface area contributed by atoms with E-state index in [1.54, 1.807) is 12.1 Å². The Labute approximate surface area is 135 Å². The zero-order chi connectivity index (χ0) is 16.0. The molecule has 0 saturated heterocycles. The highest BCUT2D eigenvalue weighted by Crippen LogP contribution is 2.15. The van der Waals surface area contributed by atoms with Gasteiger partial charge < -0.3 is 9.47 Å². The topological polar surface area (TPSA) is 35.5 Å². The van der Waals surface area contributed by atoms with E-state index in [1.807, 2.05) is 12.1 Å². The molecule has 0 aliphatic rings. The summed E-state index contributed by atoms with van der Waals surface area (Å²) in [5, 5.41) is 0. The molecule has 0 unspecified atom stereocenters. The third-order valence-electron chi connectivity index (χ3n) is 3.77. The van der Waals surface area contributed by atoms with Crippen molar-refractivity contribution in [2.45, 2.75) is 64.7 Å². The maximum Gasteiger partial charge on any atom is 0.337 e. The Bertz CT molecular complexity index is 415. The summed E-state index contributed by atoms with van der Waals surface area (Å²) < 4.78 is 10.4. The minimum Gasteiger partial charge on any atom is -0.494 e. The highest BCUT2D eigenvalue weighted by Gasteiger charge is 2.05. The minimum atomic E-state index is -0.325. The van der Waals surface area contributed by atoms with E-state index in [1.165, 1.54) is 58.5 Å². The Morgan fingerprint density at radius 2 is 1.59 bits per heavy atom. The fraction of sp³-hybridized carbons (Fsp3) is 0.632. The Hall–Kier alpha value is -1.51. The van der Waals surface area contributed by atoms with Crippen LogP contribution in [0.5, 0.6) is 5.75 Å². The third-order valence-corrected chi connectivity index (χ3v) is 3.77. The molecule has 1 rings (SSSR count). The van der Waals surface area contributed by atoms with Crippen molar-refractivity contribution in [2.75, 3.05) is 13.7 Å². The van der Waals surface area contributed by atoms with Crippen LogP contribution in [0.2, 0.25) is 0 Å². The molecule has 1 aromatic carbocycles. The molecule has 0 atom stereocenters. The SMILES string of the molecule is CCCCCCCCCCCOc1cccc(C(=O)OC)c1. The van der Waals surface area contributed by atoms with Gasteiger partial charge in [-0.3, -0.25) is 0 Å². The van der Waals surface area contributed by atoms with Gasteiger partial charge >= 0.3 is 5.97 Å². The lowest BCUT2D eigenvalue weighted by Gasteiger charge is -2.07. The van der Waals surface area contributed by atoms with Crippen LogP contribution in [0, 0.1) is 0 Å². The summed E-state index contributed by atoms with van der Waals surface area (Å²) in [6, 6.07) is 7.16. The van der Waals surface area contributed by atoms with E-state index in [-0.39, 0.29) is 5.97 Å². The number of ether oxygens (including phenoxy) is 2. The predicted molar refractivity (Wildman–Crippen MR) is 90.5 cm³/mol. The highest BCUT2D eigenvalue weighted by molar-refractivity contribution is 5.89. The van der Waals surface area contributed by atoms with Gasteiger partial charge in [0.1, 0.15) is 5.75 Å². The number of hydrogen-bond acceptors (Lipinski definition) is 3. The molecule has 124 valence electrons. The first-order valence-corrected chi connectivity index (χ1v) is 8.59. The number of hydrogen-bond donors (Lipinski definition) is 0. The van der Waals surface area contributed by atoms with Crippen LogP contribution in [-0.4, -0.2) is 19.7 Å². The number of benzene rings is 1. The molecule has 0 aliphatic heterocycles. The van der Waals surface area contributed by atoms with Gasteiger partial charge in [0.15, 0.2) is 0 Å². The monoisotopic (exact) mass is 306 g/mol. The average molecular weight is 306 g/mol. The van der Waals surface area contributed by atoms with Gasteiger partial charge in [-0.2, -0.15) is 0 Å². The standard InChI is InChI=1S/C19H30O3/c1-3-4-5-6-7-8-9-10-11-15-22-18-14-12-13-17(16-18)19(20)21-2/h12-14,16H,3-11,15H2,1-2H3. The number of esters is 1. The first-order valence-electron chi connectivity index (χ1n) is 8.59. The summed E-state index contributed by atoms with van der Waals surface area (Å²) in [7, 11) is 1.39. The number of methoxy groups -OCH3 is 1. The van der Waals surface area contributed by atoms with Crippen LogP contribution in [0.3, 0.4) is 0 Å². The summed E-state index contributed by atoms with van der Waals surface area (Å²) >= 11 is 0. The van der Waals surface area contributed by atoms with Crippen molar-refractivity contribution in [3.63, 3.8) is 0 Å². The van der Waals surface area contributed by atoms with Gasteiger partial charge in [-0.15, -0.1) is 0 Å². The number of rotatable bonds is 12. The molecule has 0 radical (unpaired) electrons. The fourth-order valence-electron chi connectivity index (χ4n) is 2.43. The van der Waals surface area contributed by atoms with Crippen LogP contribution in [0.4, 0.5) is 0 Å². The van der Waals surface area contributed by atoms with Crippen molar-refractivity contribution in [1.82, 2.24) is 0 Å². The second-order valence-corrected chi connectivity index (χ2v) is 5.70. The van der Waals surface area contributed by atoms with Gasteiger partial charge in [-0.25, -0.2) is 4.79 Å². The second kappa shape index (κ2) is 12.1. The lowest BCUT2D eigenvalue weighted by molar-refractivity contribution is 0.0600. The predicted octanol–water partition coefficient (Wildman–Crippen LogP) is 5.38. The van der Waals surface area contributed by atoms with Gasteiger partial charge in [0.05, 0.1) is 19.3 Å². The molecular weight excluding hydrogens is 276 g/mol. The van der Waals surface area contributed by atoms with Crippen molar-refractivity contribution < 1.29 is 14.3 Å². The molecule has 22 heavy (non-hydrogen) atoms. The van der Waals surface area contributed by atoms with Gasteiger partial charge in [0, 0.05) is 0 Å². The van der Waals surface area contributed by atoms with Crippen LogP contribution in [0.1, 0.15) is 75.1 Å². The first kappa shape index (κ1) is 18.5. The molecule has 0 aliphatic carbocycles. The Kier molecular flexibility index (Phi) is 10.2. The van der Waals surface area contributed by atoms with Crippen LogP contribution in [0.15, 0.2) is 24.3 Å². The molecular formula is C19H30O3.